The number of aliphatic hydroxyl groups is 1. The van der Waals surface area contributed by atoms with Crippen molar-refractivity contribution in [1.29, 1.82) is 0 Å². The number of fused-ring (bicyclic) bond motifs is 1. The Balaban J connectivity index is 1.59. The van der Waals surface area contributed by atoms with Crippen molar-refractivity contribution >= 4 is 34.8 Å². The third-order valence-electron chi connectivity index (χ3n) is 5.13. The van der Waals surface area contributed by atoms with Crippen LogP contribution in [0.5, 0.6) is 5.75 Å². The lowest BCUT2D eigenvalue weighted by molar-refractivity contribution is -0.133. The van der Waals surface area contributed by atoms with Gasteiger partial charge in [-0.1, -0.05) is 41.9 Å². The molecule has 0 spiro atoms. The summed E-state index contributed by atoms with van der Waals surface area (Å²) in [4.78, 5) is 27.3. The predicted octanol–water partition coefficient (Wildman–Crippen LogP) is 3.96. The van der Waals surface area contributed by atoms with Crippen LogP contribution in [0.4, 0.5) is 11.4 Å². The molecular weight excluding hydrogens is 416 g/mol. The number of hydrogen-bond acceptors (Lipinski definition) is 4. The molecule has 1 aliphatic heterocycles. The molecule has 0 aromatic heterocycles. The van der Waals surface area contributed by atoms with Gasteiger partial charge in [-0.15, -0.1) is 0 Å². The molecule has 6 nitrogen and oxygen atoms in total. The number of para-hydroxylation sites is 1. The zero-order chi connectivity index (χ0) is 22.0. The van der Waals surface area contributed by atoms with Crippen molar-refractivity contribution in [3.63, 3.8) is 0 Å². The van der Waals surface area contributed by atoms with Crippen LogP contribution in [-0.2, 0) is 15.2 Å². The number of nitrogens with one attached hydrogen (secondary N) is 1. The minimum Gasteiger partial charge on any atom is -0.494 e. The fourth-order valence-corrected chi connectivity index (χ4v) is 3.92. The van der Waals surface area contributed by atoms with Gasteiger partial charge in [-0.05, 0) is 55.0 Å². The zero-order valence-electron chi connectivity index (χ0n) is 16.8. The van der Waals surface area contributed by atoms with Crippen molar-refractivity contribution in [3.8, 4) is 5.75 Å². The Morgan fingerprint density at radius 2 is 1.84 bits per heavy atom. The molecule has 0 saturated carbocycles. The summed E-state index contributed by atoms with van der Waals surface area (Å²) >= 11 is 6.09. The second-order valence-corrected chi connectivity index (χ2v) is 7.57. The van der Waals surface area contributed by atoms with Crippen LogP contribution in [0.3, 0.4) is 0 Å². The van der Waals surface area contributed by atoms with Crippen LogP contribution in [0.1, 0.15) is 18.1 Å². The Morgan fingerprint density at radius 1 is 1.10 bits per heavy atom. The molecule has 0 saturated heterocycles. The lowest BCUT2D eigenvalue weighted by Crippen LogP contribution is -2.44. The molecule has 0 radical (unpaired) electrons. The fourth-order valence-electron chi connectivity index (χ4n) is 3.73. The highest BCUT2D eigenvalue weighted by atomic mass is 35.5. The average molecular weight is 437 g/mol. The smallest absolute Gasteiger partial charge is 0.268 e. The molecule has 7 heteroatoms. The maximum atomic E-state index is 13.3. The number of halogens is 1. The highest BCUT2D eigenvalue weighted by Gasteiger charge is 2.51. The minimum absolute atomic E-state index is 0.244. The van der Waals surface area contributed by atoms with E-state index in [4.69, 9.17) is 16.3 Å². The molecule has 0 bridgehead atoms. The summed E-state index contributed by atoms with van der Waals surface area (Å²) in [6.45, 7) is 2.20. The van der Waals surface area contributed by atoms with E-state index >= 15 is 0 Å². The number of benzene rings is 3. The van der Waals surface area contributed by atoms with E-state index in [1.165, 1.54) is 4.90 Å². The molecule has 1 aliphatic rings. The highest BCUT2D eigenvalue weighted by molar-refractivity contribution is 6.30. The van der Waals surface area contributed by atoms with Crippen molar-refractivity contribution < 1.29 is 19.4 Å². The summed E-state index contributed by atoms with van der Waals surface area (Å²) in [7, 11) is 0. The van der Waals surface area contributed by atoms with E-state index in [1.807, 2.05) is 6.92 Å². The Bertz CT molecular complexity index is 1130. The molecule has 2 N–H and O–H groups in total. The maximum absolute atomic E-state index is 13.3. The van der Waals surface area contributed by atoms with Gasteiger partial charge in [0.15, 0.2) is 5.60 Å². The monoisotopic (exact) mass is 436 g/mol. The van der Waals surface area contributed by atoms with Gasteiger partial charge >= 0.3 is 0 Å². The zero-order valence-corrected chi connectivity index (χ0v) is 17.6. The van der Waals surface area contributed by atoms with Crippen LogP contribution in [0.25, 0.3) is 0 Å². The molecule has 1 heterocycles. The van der Waals surface area contributed by atoms with E-state index in [2.05, 4.69) is 5.32 Å². The van der Waals surface area contributed by atoms with Crippen molar-refractivity contribution in [2.75, 3.05) is 23.4 Å². The van der Waals surface area contributed by atoms with Crippen molar-refractivity contribution in [2.45, 2.75) is 12.5 Å². The van der Waals surface area contributed by atoms with Gasteiger partial charge in [-0.25, -0.2) is 0 Å². The molecule has 4 rings (SSSR count). The van der Waals surface area contributed by atoms with E-state index in [1.54, 1.807) is 72.8 Å². The Hall–Kier alpha value is -3.35. The Morgan fingerprint density at radius 3 is 2.55 bits per heavy atom. The van der Waals surface area contributed by atoms with Gasteiger partial charge in [-0.3, -0.25) is 14.5 Å². The standard InChI is InChI=1S/C24H21ClN2O4/c1-2-31-19-12-10-18(11-13-19)26-22(28)15-27-21-9-4-3-8-20(21)24(30,23(27)29)16-6-5-7-17(25)14-16/h3-14,30H,2,15H2,1H3,(H,26,28)/t24-/m1/s1. The lowest BCUT2D eigenvalue weighted by atomic mass is 9.87. The molecule has 1 atom stereocenters. The molecule has 158 valence electrons. The Kier molecular flexibility index (Phi) is 5.67. The van der Waals surface area contributed by atoms with Crippen LogP contribution in [0.2, 0.25) is 5.02 Å². The number of ether oxygens (including phenoxy) is 1. The number of amides is 2. The van der Waals surface area contributed by atoms with Crippen LogP contribution < -0.4 is 15.0 Å². The van der Waals surface area contributed by atoms with Crippen LogP contribution in [0, 0.1) is 0 Å². The summed E-state index contributed by atoms with van der Waals surface area (Å²) in [6, 6.07) is 20.4. The van der Waals surface area contributed by atoms with Gasteiger partial charge in [0, 0.05) is 16.3 Å². The number of carbonyl (C=O) groups excluding carboxylic acids is 2. The summed E-state index contributed by atoms with van der Waals surface area (Å²) in [5.74, 6) is -0.281. The average Bonchev–Trinajstić information content (AvgIpc) is 2.98. The molecule has 3 aromatic carbocycles. The molecule has 0 aliphatic carbocycles. The third kappa shape index (κ3) is 3.87. The van der Waals surface area contributed by atoms with Gasteiger partial charge in [-0.2, -0.15) is 0 Å². The second-order valence-electron chi connectivity index (χ2n) is 7.13. The largest absolute Gasteiger partial charge is 0.494 e. The SMILES string of the molecule is CCOc1ccc(NC(=O)CN2C(=O)[C@@](O)(c3cccc(Cl)c3)c3ccccc32)cc1. The number of rotatable bonds is 6. The molecule has 2 amide bonds. The van der Waals surface area contributed by atoms with Crippen LogP contribution in [-0.4, -0.2) is 30.1 Å². The van der Waals surface area contributed by atoms with E-state index < -0.39 is 11.5 Å². The first-order valence-electron chi connectivity index (χ1n) is 9.86. The number of hydrogen-bond donors (Lipinski definition) is 2. The molecule has 31 heavy (non-hydrogen) atoms. The highest BCUT2D eigenvalue weighted by Crippen LogP contribution is 2.44. The van der Waals surface area contributed by atoms with Crippen LogP contribution in [0.15, 0.2) is 72.8 Å². The summed E-state index contributed by atoms with van der Waals surface area (Å²) in [5, 5.41) is 14.6. The van der Waals surface area contributed by atoms with Crippen molar-refractivity contribution in [2.24, 2.45) is 0 Å². The first-order chi connectivity index (χ1) is 14.9. The number of nitrogens with zero attached hydrogens (tertiary/aromatic N) is 1. The summed E-state index contributed by atoms with van der Waals surface area (Å²) in [6.07, 6.45) is 0. The lowest BCUT2D eigenvalue weighted by Gasteiger charge is -2.23. The van der Waals surface area contributed by atoms with E-state index in [-0.39, 0.29) is 12.5 Å². The quantitative estimate of drug-likeness (QED) is 0.613. The molecular formula is C24H21ClN2O4. The van der Waals surface area contributed by atoms with Gasteiger partial charge in [0.1, 0.15) is 12.3 Å². The molecule has 0 unspecified atom stereocenters. The topological polar surface area (TPSA) is 78.9 Å². The fraction of sp³-hybridized carbons (Fsp3) is 0.167. The second kappa shape index (κ2) is 8.41. The molecule has 0 fully saturated rings. The first kappa shape index (κ1) is 20.9. The van der Waals surface area contributed by atoms with E-state index in [0.717, 1.165) is 0 Å². The van der Waals surface area contributed by atoms with E-state index in [0.29, 0.717) is 39.9 Å². The first-order valence-corrected chi connectivity index (χ1v) is 10.2. The van der Waals surface area contributed by atoms with Crippen LogP contribution >= 0.6 is 11.6 Å². The minimum atomic E-state index is -1.92. The predicted molar refractivity (Wildman–Crippen MR) is 119 cm³/mol. The Labute approximate surface area is 185 Å². The number of anilines is 2. The van der Waals surface area contributed by atoms with Gasteiger partial charge in [0.2, 0.25) is 5.91 Å². The molecule has 3 aromatic rings. The van der Waals surface area contributed by atoms with Gasteiger partial charge in [0.05, 0.1) is 12.3 Å². The maximum Gasteiger partial charge on any atom is 0.268 e. The van der Waals surface area contributed by atoms with E-state index in [9.17, 15) is 14.7 Å². The van der Waals surface area contributed by atoms with Crippen molar-refractivity contribution in [1.82, 2.24) is 0 Å². The van der Waals surface area contributed by atoms with Crippen molar-refractivity contribution in [3.05, 3.63) is 88.9 Å². The normalized spacial score (nSPS) is 17.4. The number of carbonyl (C=O) groups is 2. The summed E-state index contributed by atoms with van der Waals surface area (Å²) < 4.78 is 5.40. The summed E-state index contributed by atoms with van der Waals surface area (Å²) in [5.41, 5.74) is -0.0840. The third-order valence-corrected chi connectivity index (χ3v) is 5.37. The van der Waals surface area contributed by atoms with Gasteiger partial charge in [0.25, 0.3) is 5.91 Å². The van der Waals surface area contributed by atoms with Gasteiger partial charge < -0.3 is 15.2 Å².